The lowest BCUT2D eigenvalue weighted by Gasteiger charge is -2.44. The van der Waals surface area contributed by atoms with E-state index in [-0.39, 0.29) is 16.4 Å². The molecule has 2 heterocycles. The lowest BCUT2D eigenvalue weighted by molar-refractivity contribution is -0.140. The second kappa shape index (κ2) is 3.06. The van der Waals surface area contributed by atoms with Crippen molar-refractivity contribution < 1.29 is 9.59 Å². The van der Waals surface area contributed by atoms with Crippen LogP contribution in [-0.4, -0.2) is 26.5 Å². The Morgan fingerprint density at radius 3 is 3.00 bits per heavy atom. The summed E-state index contributed by atoms with van der Waals surface area (Å²) < 4.78 is 0. The van der Waals surface area contributed by atoms with Crippen LogP contribution in [0.1, 0.15) is 13.3 Å². The van der Waals surface area contributed by atoms with Gasteiger partial charge in [-0.2, -0.15) is 0 Å². The Hall–Kier alpha value is -0.420. The molecule has 0 aromatic heterocycles. The first-order valence-corrected chi connectivity index (χ1v) is 5.41. The van der Waals surface area contributed by atoms with Gasteiger partial charge >= 0.3 is 0 Å². The molecule has 2 rings (SSSR count). The van der Waals surface area contributed by atoms with Gasteiger partial charge in [-0.05, 0) is 13.0 Å². The zero-order chi connectivity index (χ0) is 9.59. The van der Waals surface area contributed by atoms with Gasteiger partial charge in [-0.15, -0.1) is 11.8 Å². The van der Waals surface area contributed by atoms with Crippen molar-refractivity contribution in [3.63, 3.8) is 0 Å². The van der Waals surface area contributed by atoms with E-state index in [0.29, 0.717) is 17.4 Å². The summed E-state index contributed by atoms with van der Waals surface area (Å²) in [6.45, 7) is 2.02. The number of amides is 1. The monoisotopic (exact) mass is 215 g/mol. The van der Waals surface area contributed by atoms with E-state index < -0.39 is 0 Å². The maximum absolute atomic E-state index is 11.2. The van der Waals surface area contributed by atoms with Crippen molar-refractivity contribution in [1.82, 2.24) is 4.90 Å². The van der Waals surface area contributed by atoms with Gasteiger partial charge in [0, 0.05) is 5.25 Å². The normalized spacial score (nSPS) is 32.0. The molecule has 2 aliphatic heterocycles. The van der Waals surface area contributed by atoms with Crippen molar-refractivity contribution in [2.24, 2.45) is 0 Å². The molecule has 0 radical (unpaired) electrons. The highest BCUT2D eigenvalue weighted by Gasteiger charge is 2.43. The molecule has 1 fully saturated rings. The quantitative estimate of drug-likeness (QED) is 0.524. The van der Waals surface area contributed by atoms with Gasteiger partial charge in [-0.25, -0.2) is 0 Å². The minimum Gasteiger partial charge on any atom is -0.295 e. The second-order valence-corrected chi connectivity index (χ2v) is 5.09. The molecule has 0 aromatic carbocycles. The summed E-state index contributed by atoms with van der Waals surface area (Å²) in [6, 6.07) is 0. The molecule has 3 nitrogen and oxygen atoms in total. The maximum Gasteiger partial charge on any atom is 0.232 e. The average Bonchev–Trinajstić information content (AvgIpc) is 2.01. The van der Waals surface area contributed by atoms with E-state index in [1.165, 1.54) is 0 Å². The Bertz CT molecular complexity index is 313. The third-order valence-corrected chi connectivity index (χ3v) is 3.64. The van der Waals surface area contributed by atoms with Crippen LogP contribution < -0.4 is 0 Å². The average molecular weight is 215 g/mol. The third-order valence-electron chi connectivity index (χ3n) is 2.15. The van der Waals surface area contributed by atoms with Crippen LogP contribution in [0.2, 0.25) is 0 Å². The topological polar surface area (TPSA) is 37.4 Å². The number of thioether (sulfide) groups is 1. The van der Waals surface area contributed by atoms with Gasteiger partial charge in [-0.1, -0.05) is 12.6 Å². The van der Waals surface area contributed by atoms with Gasteiger partial charge in [0.1, 0.15) is 0 Å². The summed E-state index contributed by atoms with van der Waals surface area (Å²) >= 11 is 5.45. The number of fused-ring (bicyclic) bond motifs is 1. The van der Waals surface area contributed by atoms with Gasteiger partial charge in [0.2, 0.25) is 11.0 Å². The molecular weight excluding hydrogens is 206 g/mol. The first kappa shape index (κ1) is 9.15. The minimum atomic E-state index is -0.315. The zero-order valence-electron chi connectivity index (χ0n) is 7.06. The predicted octanol–water partition coefficient (Wildman–Crippen LogP) is 1.02. The molecule has 5 heteroatoms. The smallest absolute Gasteiger partial charge is 0.232 e. The van der Waals surface area contributed by atoms with Crippen molar-refractivity contribution in [2.75, 3.05) is 0 Å². The molecule has 1 unspecified atom stereocenters. The van der Waals surface area contributed by atoms with E-state index in [4.69, 9.17) is 0 Å². The molecule has 0 bridgehead atoms. The molecule has 0 aliphatic carbocycles. The molecule has 2 aliphatic rings. The fraction of sp³-hybridized carbons (Fsp3) is 0.500. The lowest BCUT2D eigenvalue weighted by atomic mass is 10.1. The van der Waals surface area contributed by atoms with Crippen LogP contribution in [0.25, 0.3) is 0 Å². The molecule has 0 saturated carbocycles. The number of carbonyl (C=O) groups is 2. The Morgan fingerprint density at radius 2 is 2.46 bits per heavy atom. The number of carbonyl (C=O) groups excluding carboxylic acids is 2. The van der Waals surface area contributed by atoms with E-state index in [1.54, 1.807) is 22.7 Å². The predicted molar refractivity (Wildman–Crippen MR) is 54.4 cm³/mol. The van der Waals surface area contributed by atoms with E-state index >= 15 is 0 Å². The first-order chi connectivity index (χ1) is 6.09. The minimum absolute atomic E-state index is 0.0260. The molecule has 1 saturated heterocycles. The molecule has 1 amide bonds. The number of β-lactam (4-membered cyclic amide) rings is 1. The Labute approximate surface area is 86.0 Å². The summed E-state index contributed by atoms with van der Waals surface area (Å²) in [7, 11) is 0. The first-order valence-electron chi connectivity index (χ1n) is 4.02. The van der Waals surface area contributed by atoms with Crippen LogP contribution in [0.3, 0.4) is 0 Å². The third kappa shape index (κ3) is 1.40. The number of hydrogen-bond donors (Lipinski definition) is 1. The molecule has 2 atom stereocenters. The Morgan fingerprint density at radius 1 is 1.77 bits per heavy atom. The standard InChI is InChI=1S/C8H9NO2S2/c1-4-2-5(8(11)12)9-6(10)3-7(9)13-4/h2,4,7H,3H2,1H3,(H,11,12)/t4?,7-/m1/s1. The highest BCUT2D eigenvalue weighted by molar-refractivity contribution is 8.00. The summed E-state index contributed by atoms with van der Waals surface area (Å²) in [6.07, 6.45) is 2.35. The fourth-order valence-corrected chi connectivity index (χ4v) is 3.03. The van der Waals surface area contributed by atoms with Crippen LogP contribution in [0, 0.1) is 0 Å². The second-order valence-electron chi connectivity index (χ2n) is 3.12. The van der Waals surface area contributed by atoms with Gasteiger partial charge < -0.3 is 0 Å². The number of rotatable bonds is 1. The highest BCUT2D eigenvalue weighted by atomic mass is 32.2. The van der Waals surface area contributed by atoms with Crippen molar-refractivity contribution in [3.05, 3.63) is 11.8 Å². The van der Waals surface area contributed by atoms with Crippen molar-refractivity contribution in [1.29, 1.82) is 0 Å². The maximum atomic E-state index is 11.2. The zero-order valence-corrected chi connectivity index (χ0v) is 8.77. The molecule has 0 aromatic rings. The van der Waals surface area contributed by atoms with Crippen LogP contribution in [0.4, 0.5) is 0 Å². The number of thiol groups is 1. The summed E-state index contributed by atoms with van der Waals surface area (Å²) in [5, 5.41) is 0.143. The summed E-state index contributed by atoms with van der Waals surface area (Å²) in [5.74, 6) is 0.0260. The van der Waals surface area contributed by atoms with Crippen LogP contribution in [0.15, 0.2) is 11.8 Å². The molecule has 0 spiro atoms. The van der Waals surface area contributed by atoms with E-state index in [0.717, 1.165) is 0 Å². The van der Waals surface area contributed by atoms with Crippen molar-refractivity contribution in [3.8, 4) is 0 Å². The van der Waals surface area contributed by atoms with Crippen LogP contribution >= 0.6 is 24.4 Å². The molecule has 0 N–H and O–H groups in total. The highest BCUT2D eigenvalue weighted by Crippen LogP contribution is 2.40. The van der Waals surface area contributed by atoms with Gasteiger partial charge in [0.05, 0.1) is 17.5 Å². The lowest BCUT2D eigenvalue weighted by Crippen LogP contribution is -2.53. The van der Waals surface area contributed by atoms with E-state index in [9.17, 15) is 9.59 Å². The molecule has 70 valence electrons. The van der Waals surface area contributed by atoms with Gasteiger partial charge in [0.15, 0.2) is 0 Å². The number of hydrogen-bond acceptors (Lipinski definition) is 3. The molecule has 13 heavy (non-hydrogen) atoms. The summed E-state index contributed by atoms with van der Waals surface area (Å²) in [5.41, 5.74) is 0.454. The van der Waals surface area contributed by atoms with Crippen molar-refractivity contribution >= 4 is 35.4 Å². The molecular formula is C8H9NO2S2. The van der Waals surface area contributed by atoms with E-state index in [1.807, 2.05) is 6.92 Å². The Kier molecular flexibility index (Phi) is 2.15. The number of nitrogens with zero attached hydrogens (tertiary/aromatic N) is 1. The van der Waals surface area contributed by atoms with Gasteiger partial charge in [0.25, 0.3) is 0 Å². The van der Waals surface area contributed by atoms with Gasteiger partial charge in [-0.3, -0.25) is 14.5 Å². The largest absolute Gasteiger partial charge is 0.295 e. The fourth-order valence-electron chi connectivity index (χ4n) is 1.55. The SMILES string of the molecule is CC1C=C(C(=O)S)N2C(=O)C[C@H]2S1. The Balaban J connectivity index is 2.30. The van der Waals surface area contributed by atoms with Crippen LogP contribution in [-0.2, 0) is 9.59 Å². The van der Waals surface area contributed by atoms with Crippen LogP contribution in [0.5, 0.6) is 0 Å². The summed E-state index contributed by atoms with van der Waals surface area (Å²) in [4.78, 5) is 23.8. The van der Waals surface area contributed by atoms with Crippen molar-refractivity contribution in [2.45, 2.75) is 24.0 Å². The van der Waals surface area contributed by atoms with E-state index in [2.05, 4.69) is 12.6 Å².